The highest BCUT2D eigenvalue weighted by molar-refractivity contribution is 7.89. The van der Waals surface area contributed by atoms with Crippen LogP contribution in [0.3, 0.4) is 0 Å². The first kappa shape index (κ1) is 14.3. The van der Waals surface area contributed by atoms with E-state index in [2.05, 4.69) is 9.88 Å². The fraction of sp³-hybridized carbons (Fsp3) is 0.727. The Morgan fingerprint density at radius 1 is 1.42 bits per heavy atom. The number of imidazole rings is 1. The summed E-state index contributed by atoms with van der Waals surface area (Å²) in [6, 6.07) is 0. The second kappa shape index (κ2) is 5.48. The molecule has 0 saturated carbocycles. The average Bonchev–Trinajstić information content (AvgIpc) is 2.96. The van der Waals surface area contributed by atoms with E-state index in [1.165, 1.54) is 28.0 Å². The van der Waals surface area contributed by atoms with Gasteiger partial charge in [0.1, 0.15) is 0 Å². The smallest absolute Gasteiger partial charge is 0.262 e. The molecule has 1 aromatic heterocycles. The number of nitrogens with zero attached hydrogens (tertiary/aromatic N) is 4. The molecule has 1 aromatic rings. The van der Waals surface area contributed by atoms with E-state index in [9.17, 15) is 8.42 Å². The van der Waals surface area contributed by atoms with Crippen LogP contribution in [0, 0.1) is 0 Å². The molecule has 0 aliphatic carbocycles. The SMILES string of the molecule is CN(CCN1CCCC1)S(=O)(=O)c1c(N)ncn1C. The molecule has 0 atom stereocenters. The van der Waals surface area contributed by atoms with Gasteiger partial charge in [0.05, 0.1) is 6.33 Å². The Bertz CT molecular complexity index is 514. The Hall–Kier alpha value is -1.12. The zero-order chi connectivity index (χ0) is 14.0. The Morgan fingerprint density at radius 3 is 2.58 bits per heavy atom. The van der Waals surface area contributed by atoms with E-state index in [4.69, 9.17) is 5.73 Å². The molecule has 2 rings (SSSR count). The van der Waals surface area contributed by atoms with E-state index in [1.54, 1.807) is 14.1 Å². The number of likely N-dealkylation sites (N-methyl/N-ethyl adjacent to an activating group) is 1. The summed E-state index contributed by atoms with van der Waals surface area (Å²) in [6.07, 6.45) is 3.81. The maximum absolute atomic E-state index is 12.4. The van der Waals surface area contributed by atoms with Gasteiger partial charge in [0.15, 0.2) is 10.8 Å². The predicted molar refractivity (Wildman–Crippen MR) is 73.1 cm³/mol. The Balaban J connectivity index is 2.06. The number of nitrogen functional groups attached to an aromatic ring is 1. The lowest BCUT2D eigenvalue weighted by Gasteiger charge is -2.21. The highest BCUT2D eigenvalue weighted by Crippen LogP contribution is 2.19. The molecule has 1 aliphatic heterocycles. The number of nitrogens with two attached hydrogens (primary N) is 1. The standard InChI is InChI=1S/C11H21N5O2S/c1-14-9-13-10(12)11(14)19(17,18)15(2)7-8-16-5-3-4-6-16/h9H,3-8,12H2,1-2H3. The number of aryl methyl sites for hydroxylation is 1. The molecule has 0 unspecified atom stereocenters. The van der Waals surface area contributed by atoms with Crippen LogP contribution in [0.25, 0.3) is 0 Å². The normalized spacial score (nSPS) is 17.4. The van der Waals surface area contributed by atoms with Crippen molar-refractivity contribution in [3.63, 3.8) is 0 Å². The van der Waals surface area contributed by atoms with Crippen LogP contribution >= 0.6 is 0 Å². The summed E-state index contributed by atoms with van der Waals surface area (Å²) in [7, 11) is -0.356. The maximum atomic E-state index is 12.4. The van der Waals surface area contributed by atoms with Crippen molar-refractivity contribution < 1.29 is 8.42 Å². The molecule has 0 aromatic carbocycles. The van der Waals surface area contributed by atoms with Gasteiger partial charge >= 0.3 is 0 Å². The van der Waals surface area contributed by atoms with Crippen molar-refractivity contribution in [3.05, 3.63) is 6.33 Å². The van der Waals surface area contributed by atoms with Crippen LogP contribution < -0.4 is 5.73 Å². The van der Waals surface area contributed by atoms with E-state index in [-0.39, 0.29) is 10.8 Å². The van der Waals surface area contributed by atoms with Crippen LogP contribution in [0.1, 0.15) is 12.8 Å². The van der Waals surface area contributed by atoms with Crippen LogP contribution in [0.4, 0.5) is 5.82 Å². The molecule has 1 aliphatic rings. The largest absolute Gasteiger partial charge is 0.381 e. The van der Waals surface area contributed by atoms with Crippen molar-refractivity contribution in [1.82, 2.24) is 18.8 Å². The summed E-state index contributed by atoms with van der Waals surface area (Å²) >= 11 is 0. The van der Waals surface area contributed by atoms with Gasteiger partial charge < -0.3 is 15.2 Å². The van der Waals surface area contributed by atoms with Crippen LogP contribution in [-0.2, 0) is 17.1 Å². The molecular weight excluding hydrogens is 266 g/mol. The Morgan fingerprint density at radius 2 is 2.05 bits per heavy atom. The molecule has 2 N–H and O–H groups in total. The lowest BCUT2D eigenvalue weighted by molar-refractivity contribution is 0.309. The van der Waals surface area contributed by atoms with E-state index < -0.39 is 10.0 Å². The second-order valence-corrected chi connectivity index (χ2v) is 6.88. The van der Waals surface area contributed by atoms with Gasteiger partial charge in [-0.2, -0.15) is 4.31 Å². The minimum atomic E-state index is -3.57. The summed E-state index contributed by atoms with van der Waals surface area (Å²) in [4.78, 5) is 6.10. The second-order valence-electron chi connectivity index (χ2n) is 4.92. The molecule has 2 heterocycles. The highest BCUT2D eigenvalue weighted by Gasteiger charge is 2.27. The number of sulfonamides is 1. The Kier molecular flexibility index (Phi) is 4.12. The van der Waals surface area contributed by atoms with Crippen molar-refractivity contribution >= 4 is 15.8 Å². The first-order valence-electron chi connectivity index (χ1n) is 6.38. The Labute approximate surface area is 114 Å². The molecule has 0 radical (unpaired) electrons. The van der Waals surface area contributed by atoms with Crippen LogP contribution in [0.15, 0.2) is 11.4 Å². The summed E-state index contributed by atoms with van der Waals surface area (Å²) in [5, 5.41) is 0.0661. The zero-order valence-corrected chi connectivity index (χ0v) is 12.2. The fourth-order valence-electron chi connectivity index (χ4n) is 2.31. The van der Waals surface area contributed by atoms with Gasteiger partial charge in [0.2, 0.25) is 0 Å². The molecule has 7 nitrogen and oxygen atoms in total. The molecule has 8 heteroatoms. The highest BCUT2D eigenvalue weighted by atomic mass is 32.2. The molecule has 108 valence electrons. The van der Waals surface area contributed by atoms with E-state index >= 15 is 0 Å². The number of rotatable bonds is 5. The summed E-state index contributed by atoms with van der Waals surface area (Å²) < 4.78 is 27.6. The predicted octanol–water partition coefficient (Wildman–Crippen LogP) is -0.281. The third-order valence-electron chi connectivity index (χ3n) is 3.49. The topological polar surface area (TPSA) is 84.5 Å². The summed E-state index contributed by atoms with van der Waals surface area (Å²) in [5.74, 6) is 0.0514. The van der Waals surface area contributed by atoms with Crippen molar-refractivity contribution in [2.45, 2.75) is 17.9 Å². The van der Waals surface area contributed by atoms with Crippen molar-refractivity contribution in [2.75, 3.05) is 39.0 Å². The fourth-order valence-corrected chi connectivity index (χ4v) is 3.65. The van der Waals surface area contributed by atoms with E-state index in [0.29, 0.717) is 6.54 Å². The van der Waals surface area contributed by atoms with Gasteiger partial charge in [-0.25, -0.2) is 13.4 Å². The van der Waals surface area contributed by atoms with Crippen molar-refractivity contribution in [2.24, 2.45) is 7.05 Å². The monoisotopic (exact) mass is 287 g/mol. The van der Waals surface area contributed by atoms with E-state index in [1.807, 2.05) is 0 Å². The third kappa shape index (κ3) is 2.90. The van der Waals surface area contributed by atoms with Gasteiger partial charge in [-0.1, -0.05) is 0 Å². The van der Waals surface area contributed by atoms with Crippen LogP contribution in [0.2, 0.25) is 0 Å². The number of aromatic nitrogens is 2. The van der Waals surface area contributed by atoms with Crippen LogP contribution in [0.5, 0.6) is 0 Å². The molecule has 1 saturated heterocycles. The number of anilines is 1. The molecular formula is C11H21N5O2S. The zero-order valence-electron chi connectivity index (χ0n) is 11.4. The lowest BCUT2D eigenvalue weighted by Crippen LogP contribution is -2.36. The van der Waals surface area contributed by atoms with Crippen LogP contribution in [-0.4, -0.2) is 60.4 Å². The van der Waals surface area contributed by atoms with Gasteiger partial charge in [-0.3, -0.25) is 0 Å². The minimum Gasteiger partial charge on any atom is -0.381 e. The molecule has 1 fully saturated rings. The van der Waals surface area contributed by atoms with E-state index in [0.717, 1.165) is 19.6 Å². The van der Waals surface area contributed by atoms with Crippen molar-refractivity contribution in [3.8, 4) is 0 Å². The summed E-state index contributed by atoms with van der Waals surface area (Å²) in [5.41, 5.74) is 5.64. The first-order valence-corrected chi connectivity index (χ1v) is 7.82. The van der Waals surface area contributed by atoms with Gasteiger partial charge in [0, 0.05) is 27.2 Å². The quantitative estimate of drug-likeness (QED) is 0.805. The molecule has 0 amide bonds. The third-order valence-corrected chi connectivity index (χ3v) is 5.48. The minimum absolute atomic E-state index is 0.0514. The average molecular weight is 287 g/mol. The number of hydrogen-bond acceptors (Lipinski definition) is 5. The molecule has 19 heavy (non-hydrogen) atoms. The van der Waals surface area contributed by atoms with Crippen molar-refractivity contribution in [1.29, 1.82) is 0 Å². The molecule has 0 bridgehead atoms. The first-order chi connectivity index (χ1) is 8.93. The number of hydrogen-bond donors (Lipinski definition) is 1. The van der Waals surface area contributed by atoms with Gasteiger partial charge in [0.25, 0.3) is 10.0 Å². The van der Waals surface area contributed by atoms with Gasteiger partial charge in [-0.15, -0.1) is 0 Å². The lowest BCUT2D eigenvalue weighted by atomic mass is 10.4. The van der Waals surface area contributed by atoms with Gasteiger partial charge in [-0.05, 0) is 25.9 Å². The molecule has 0 spiro atoms. The maximum Gasteiger partial charge on any atom is 0.262 e. The number of likely N-dealkylation sites (tertiary alicyclic amines) is 1. The summed E-state index contributed by atoms with van der Waals surface area (Å²) in [6.45, 7) is 3.34.